The second kappa shape index (κ2) is 10.5. The molecule has 0 saturated carbocycles. The zero-order valence-electron chi connectivity index (χ0n) is 16.4. The molecular formula is C20H23ClFN3O4S. The number of halogens is 2. The highest BCUT2D eigenvalue weighted by Gasteiger charge is 2.19. The maximum absolute atomic E-state index is 13.6. The van der Waals surface area contributed by atoms with Crippen molar-refractivity contribution in [2.24, 2.45) is 0 Å². The molecule has 1 amide bonds. The van der Waals surface area contributed by atoms with Gasteiger partial charge in [0.05, 0.1) is 10.6 Å². The maximum atomic E-state index is 13.6. The fourth-order valence-electron chi connectivity index (χ4n) is 2.77. The maximum Gasteiger partial charge on any atom is 0.260 e. The molecular weight excluding hydrogens is 433 g/mol. The van der Waals surface area contributed by atoms with E-state index in [9.17, 15) is 17.6 Å². The molecule has 30 heavy (non-hydrogen) atoms. The number of hydrogen-bond acceptors (Lipinski definition) is 6. The first-order valence-corrected chi connectivity index (χ1v) is 10.6. The minimum atomic E-state index is -3.77. The molecule has 1 fully saturated rings. The van der Waals surface area contributed by atoms with Gasteiger partial charge in [-0.2, -0.15) is 0 Å². The van der Waals surface area contributed by atoms with E-state index in [1.165, 1.54) is 42.6 Å². The molecule has 1 aliphatic rings. The highest BCUT2D eigenvalue weighted by molar-refractivity contribution is 7.94. The van der Waals surface area contributed by atoms with Gasteiger partial charge < -0.3 is 14.5 Å². The van der Waals surface area contributed by atoms with E-state index in [-0.39, 0.29) is 35.5 Å². The molecule has 1 aromatic heterocycles. The summed E-state index contributed by atoms with van der Waals surface area (Å²) >= 11 is 0. The standard InChI is InChI=1S/C20H22FN3O4S.ClH/c1-23-10-12-24(13-11-23)20(25)15-28-16-4-6-17(7-5-16)29(26,27)14-8-19-18(21)3-2-9-22-19;/h2-9,14H,10-13,15H2,1H3;1H/b14-8+;. The third-order valence-corrected chi connectivity index (χ3v) is 5.99. The molecule has 0 unspecified atom stereocenters. The smallest absolute Gasteiger partial charge is 0.260 e. The highest BCUT2D eigenvalue weighted by Crippen LogP contribution is 2.19. The number of piperazine rings is 1. The Morgan fingerprint density at radius 3 is 2.47 bits per heavy atom. The molecule has 0 aliphatic carbocycles. The molecule has 0 atom stereocenters. The molecule has 1 aromatic carbocycles. The van der Waals surface area contributed by atoms with Crippen LogP contribution in [-0.2, 0) is 14.6 Å². The molecule has 162 valence electrons. The van der Waals surface area contributed by atoms with Gasteiger partial charge >= 0.3 is 0 Å². The van der Waals surface area contributed by atoms with Crippen LogP contribution in [0.5, 0.6) is 5.75 Å². The quantitative estimate of drug-likeness (QED) is 0.664. The van der Waals surface area contributed by atoms with Gasteiger partial charge in [0.25, 0.3) is 5.91 Å². The molecule has 0 radical (unpaired) electrons. The molecule has 0 bridgehead atoms. The van der Waals surface area contributed by atoms with Crippen molar-refractivity contribution in [1.82, 2.24) is 14.8 Å². The van der Waals surface area contributed by atoms with Crippen LogP contribution >= 0.6 is 12.4 Å². The van der Waals surface area contributed by atoms with Gasteiger partial charge in [-0.3, -0.25) is 9.78 Å². The Labute approximate surface area is 181 Å². The first-order chi connectivity index (χ1) is 13.8. The predicted octanol–water partition coefficient (Wildman–Crippen LogP) is 2.24. The minimum Gasteiger partial charge on any atom is -0.484 e. The predicted molar refractivity (Wildman–Crippen MR) is 114 cm³/mol. The number of carbonyl (C=O) groups is 1. The number of ether oxygens (including phenoxy) is 1. The molecule has 7 nitrogen and oxygen atoms in total. The lowest BCUT2D eigenvalue weighted by Gasteiger charge is -2.32. The van der Waals surface area contributed by atoms with Crippen molar-refractivity contribution in [3.8, 4) is 5.75 Å². The van der Waals surface area contributed by atoms with Crippen molar-refractivity contribution >= 4 is 34.2 Å². The number of amides is 1. The van der Waals surface area contributed by atoms with Crippen molar-refractivity contribution in [3.63, 3.8) is 0 Å². The van der Waals surface area contributed by atoms with E-state index in [0.29, 0.717) is 18.8 Å². The van der Waals surface area contributed by atoms with Gasteiger partial charge in [0.1, 0.15) is 11.6 Å². The number of nitrogens with zero attached hydrogens (tertiary/aromatic N) is 3. The summed E-state index contributed by atoms with van der Waals surface area (Å²) < 4.78 is 43.8. The normalized spacial score (nSPS) is 15.1. The van der Waals surface area contributed by atoms with E-state index in [1.54, 1.807) is 4.90 Å². The summed E-state index contributed by atoms with van der Waals surface area (Å²) in [6, 6.07) is 8.36. The van der Waals surface area contributed by atoms with E-state index < -0.39 is 15.7 Å². The molecule has 2 heterocycles. The average Bonchev–Trinajstić information content (AvgIpc) is 2.72. The molecule has 1 aliphatic heterocycles. The fourth-order valence-corrected chi connectivity index (χ4v) is 3.75. The van der Waals surface area contributed by atoms with Crippen LogP contribution in [0.2, 0.25) is 0 Å². The Hall–Kier alpha value is -2.49. The van der Waals surface area contributed by atoms with E-state index >= 15 is 0 Å². The van der Waals surface area contributed by atoms with Crippen LogP contribution in [0.25, 0.3) is 6.08 Å². The van der Waals surface area contributed by atoms with E-state index in [2.05, 4.69) is 9.88 Å². The van der Waals surface area contributed by atoms with Crippen LogP contribution in [0.15, 0.2) is 52.9 Å². The van der Waals surface area contributed by atoms with Crippen LogP contribution in [0.1, 0.15) is 5.69 Å². The zero-order chi connectivity index (χ0) is 20.9. The van der Waals surface area contributed by atoms with Gasteiger partial charge in [0.15, 0.2) is 16.4 Å². The third kappa shape index (κ3) is 6.25. The SMILES string of the molecule is CN1CCN(C(=O)COc2ccc(S(=O)(=O)/C=C/c3ncccc3F)cc2)CC1.Cl. The molecule has 10 heteroatoms. The van der Waals surface area contributed by atoms with Crippen LogP contribution in [0.4, 0.5) is 4.39 Å². The zero-order valence-corrected chi connectivity index (χ0v) is 18.0. The largest absolute Gasteiger partial charge is 0.484 e. The summed E-state index contributed by atoms with van der Waals surface area (Å²) in [7, 11) is -1.76. The van der Waals surface area contributed by atoms with Gasteiger partial charge in [0.2, 0.25) is 0 Å². The van der Waals surface area contributed by atoms with Crippen molar-refractivity contribution < 1.29 is 22.3 Å². The summed E-state index contributed by atoms with van der Waals surface area (Å²) in [5, 5.41) is 0.908. The monoisotopic (exact) mass is 455 g/mol. The average molecular weight is 456 g/mol. The molecule has 3 rings (SSSR count). The van der Waals surface area contributed by atoms with Gasteiger partial charge in [0, 0.05) is 37.8 Å². The lowest BCUT2D eigenvalue weighted by Crippen LogP contribution is -2.48. The topological polar surface area (TPSA) is 79.8 Å². The first-order valence-electron chi connectivity index (χ1n) is 9.08. The lowest BCUT2D eigenvalue weighted by atomic mass is 10.3. The summed E-state index contributed by atoms with van der Waals surface area (Å²) in [5.74, 6) is -0.311. The van der Waals surface area contributed by atoms with Crippen molar-refractivity contribution in [3.05, 3.63) is 59.5 Å². The fraction of sp³-hybridized carbons (Fsp3) is 0.300. The third-order valence-electron chi connectivity index (χ3n) is 4.56. The number of aromatic nitrogens is 1. The van der Waals surface area contributed by atoms with Crippen LogP contribution in [-0.4, -0.2) is 68.9 Å². The summed E-state index contributed by atoms with van der Waals surface area (Å²) in [6.07, 6.45) is 2.49. The minimum absolute atomic E-state index is 0. The summed E-state index contributed by atoms with van der Waals surface area (Å²) in [5.41, 5.74) is -0.0570. The van der Waals surface area contributed by atoms with Gasteiger partial charge in [-0.1, -0.05) is 0 Å². The Bertz CT molecular complexity index is 991. The Morgan fingerprint density at radius 2 is 1.83 bits per heavy atom. The first kappa shape index (κ1) is 23.8. The second-order valence-corrected chi connectivity index (χ2v) is 8.50. The molecule has 0 N–H and O–H groups in total. The van der Waals surface area contributed by atoms with E-state index in [0.717, 1.165) is 24.6 Å². The number of sulfone groups is 1. The number of carbonyl (C=O) groups excluding carboxylic acids is 1. The number of rotatable bonds is 6. The van der Waals surface area contributed by atoms with Crippen molar-refractivity contribution in [2.45, 2.75) is 4.90 Å². The van der Waals surface area contributed by atoms with Crippen LogP contribution < -0.4 is 4.74 Å². The van der Waals surface area contributed by atoms with Gasteiger partial charge in [-0.05, 0) is 49.5 Å². The van der Waals surface area contributed by atoms with E-state index in [1.807, 2.05) is 7.05 Å². The van der Waals surface area contributed by atoms with Crippen molar-refractivity contribution in [2.75, 3.05) is 39.8 Å². The Kier molecular flexibility index (Phi) is 8.33. The van der Waals surface area contributed by atoms with E-state index in [4.69, 9.17) is 4.74 Å². The molecule has 0 spiro atoms. The Balaban J connectivity index is 0.00000320. The number of benzene rings is 1. The van der Waals surface area contributed by atoms with Gasteiger partial charge in [-0.15, -0.1) is 12.4 Å². The molecule has 2 aromatic rings. The van der Waals surface area contributed by atoms with Crippen molar-refractivity contribution in [1.29, 1.82) is 0 Å². The lowest BCUT2D eigenvalue weighted by molar-refractivity contribution is -0.134. The van der Waals surface area contributed by atoms with Gasteiger partial charge in [-0.25, -0.2) is 12.8 Å². The highest BCUT2D eigenvalue weighted by atomic mass is 35.5. The van der Waals surface area contributed by atoms with Crippen LogP contribution in [0.3, 0.4) is 0 Å². The molecule has 1 saturated heterocycles. The summed E-state index contributed by atoms with van der Waals surface area (Å²) in [6.45, 7) is 2.88. The number of likely N-dealkylation sites (N-methyl/N-ethyl adjacent to an activating group) is 1. The van der Waals surface area contributed by atoms with Crippen LogP contribution in [0, 0.1) is 5.82 Å². The Morgan fingerprint density at radius 1 is 1.17 bits per heavy atom. The number of pyridine rings is 1. The summed E-state index contributed by atoms with van der Waals surface area (Å²) in [4.78, 5) is 19.9. The number of hydrogen-bond donors (Lipinski definition) is 0. The second-order valence-electron chi connectivity index (χ2n) is 6.66.